The Labute approximate surface area is 138 Å². The Balaban J connectivity index is 1.90. The van der Waals surface area contributed by atoms with Gasteiger partial charge in [0.1, 0.15) is 0 Å². The van der Waals surface area contributed by atoms with Gasteiger partial charge in [-0.1, -0.05) is 30.3 Å². The first-order valence-corrected chi connectivity index (χ1v) is 8.64. The highest BCUT2D eigenvalue weighted by molar-refractivity contribution is 5.22. The number of benzene rings is 1. The summed E-state index contributed by atoms with van der Waals surface area (Å²) in [4.78, 5) is 4.85. The normalized spacial score (nSPS) is 25.0. The van der Waals surface area contributed by atoms with Crippen molar-refractivity contribution in [3.63, 3.8) is 0 Å². The van der Waals surface area contributed by atoms with Crippen molar-refractivity contribution in [2.45, 2.75) is 25.1 Å². The van der Waals surface area contributed by atoms with Gasteiger partial charge in [-0.25, -0.2) is 0 Å². The van der Waals surface area contributed by atoms with Crippen LogP contribution >= 0.6 is 0 Å². The molecule has 2 aliphatic rings. The van der Waals surface area contributed by atoms with Gasteiger partial charge in [-0.3, -0.25) is 9.80 Å². The molecule has 5 heteroatoms. The second kappa shape index (κ2) is 8.22. The molecule has 0 spiro atoms. The topological polar surface area (TPSA) is 45.2 Å². The monoisotopic (exact) mass is 320 g/mol. The Kier molecular flexibility index (Phi) is 6.02. The van der Waals surface area contributed by atoms with E-state index in [2.05, 4.69) is 34.1 Å². The molecule has 2 fully saturated rings. The Hall–Kier alpha value is -0.980. The lowest BCUT2D eigenvalue weighted by Crippen LogP contribution is -2.56. The fraction of sp³-hybridized carbons (Fsp3) is 0.667. The summed E-state index contributed by atoms with van der Waals surface area (Å²) in [6, 6.07) is 10.8. The van der Waals surface area contributed by atoms with Crippen molar-refractivity contribution in [1.29, 1.82) is 0 Å². The van der Waals surface area contributed by atoms with E-state index in [9.17, 15) is 5.11 Å². The second-order valence-corrected chi connectivity index (χ2v) is 6.38. The molecule has 0 bridgehead atoms. The molecule has 128 valence electrons. The molecule has 0 unspecified atom stereocenters. The second-order valence-electron chi connectivity index (χ2n) is 6.38. The van der Waals surface area contributed by atoms with E-state index in [4.69, 9.17) is 9.47 Å². The largest absolute Gasteiger partial charge is 0.392 e. The maximum absolute atomic E-state index is 10.6. The van der Waals surface area contributed by atoms with Crippen molar-refractivity contribution in [3.05, 3.63) is 35.9 Å². The minimum atomic E-state index is -0.402. The van der Waals surface area contributed by atoms with Gasteiger partial charge in [0.2, 0.25) is 0 Å². The molecule has 3 atom stereocenters. The van der Waals surface area contributed by atoms with Crippen molar-refractivity contribution in [1.82, 2.24) is 9.80 Å². The van der Waals surface area contributed by atoms with Crippen molar-refractivity contribution < 1.29 is 14.6 Å². The Morgan fingerprint density at radius 2 is 1.39 bits per heavy atom. The summed E-state index contributed by atoms with van der Waals surface area (Å²) in [5, 5.41) is 10.6. The summed E-state index contributed by atoms with van der Waals surface area (Å²) >= 11 is 0. The van der Waals surface area contributed by atoms with Gasteiger partial charge in [-0.05, 0) is 12.5 Å². The number of hydrogen-bond donors (Lipinski definition) is 1. The number of nitrogens with zero attached hydrogens (tertiary/aromatic N) is 2. The summed E-state index contributed by atoms with van der Waals surface area (Å²) in [5.74, 6) is 0. The first-order chi connectivity index (χ1) is 11.3. The van der Waals surface area contributed by atoms with Crippen LogP contribution in [0.25, 0.3) is 0 Å². The van der Waals surface area contributed by atoms with Crippen LogP contribution in [-0.4, -0.2) is 79.7 Å². The molecule has 2 heterocycles. The third-order valence-electron chi connectivity index (χ3n) is 4.87. The standard InChI is InChI=1S/C18H28N2O3/c1-15(21)17(19-7-11-22-12-8-19)18(16-5-3-2-4-6-16)20-9-13-23-14-10-20/h2-6,15,17-18,21H,7-14H2,1H3/t15-,17+,18-/m1/s1. The third kappa shape index (κ3) is 4.11. The first-order valence-electron chi connectivity index (χ1n) is 8.64. The Bertz CT molecular complexity index is 457. The molecule has 23 heavy (non-hydrogen) atoms. The lowest BCUT2D eigenvalue weighted by Gasteiger charge is -2.46. The van der Waals surface area contributed by atoms with Crippen LogP contribution in [0.2, 0.25) is 0 Å². The van der Waals surface area contributed by atoms with E-state index in [1.807, 2.05) is 13.0 Å². The molecule has 1 N–H and O–H groups in total. The van der Waals surface area contributed by atoms with Crippen LogP contribution in [0.1, 0.15) is 18.5 Å². The van der Waals surface area contributed by atoms with Crippen molar-refractivity contribution >= 4 is 0 Å². The van der Waals surface area contributed by atoms with Crippen LogP contribution in [0.5, 0.6) is 0 Å². The number of aliphatic hydroxyl groups is 1. The number of hydrogen-bond acceptors (Lipinski definition) is 5. The quantitative estimate of drug-likeness (QED) is 0.881. The summed E-state index contributed by atoms with van der Waals surface area (Å²) in [7, 11) is 0. The van der Waals surface area contributed by atoms with Crippen molar-refractivity contribution in [3.8, 4) is 0 Å². The van der Waals surface area contributed by atoms with E-state index < -0.39 is 6.10 Å². The maximum atomic E-state index is 10.6. The lowest BCUT2D eigenvalue weighted by molar-refractivity contribution is -0.0675. The highest BCUT2D eigenvalue weighted by Crippen LogP contribution is 2.31. The fourth-order valence-corrected chi connectivity index (χ4v) is 3.77. The van der Waals surface area contributed by atoms with Gasteiger partial charge in [-0.2, -0.15) is 0 Å². The number of ether oxygens (including phenoxy) is 2. The summed E-state index contributed by atoms with van der Waals surface area (Å²) in [6.45, 7) is 8.50. The SMILES string of the molecule is C[C@@H](O)[C@@H]([C@@H](c1ccccc1)N1CCOCC1)N1CCOCC1. The van der Waals surface area contributed by atoms with Gasteiger partial charge in [-0.15, -0.1) is 0 Å². The molecule has 0 aromatic heterocycles. The molecule has 0 amide bonds. The van der Waals surface area contributed by atoms with Gasteiger partial charge >= 0.3 is 0 Å². The molecule has 3 rings (SSSR count). The van der Waals surface area contributed by atoms with E-state index >= 15 is 0 Å². The molecule has 0 radical (unpaired) electrons. The highest BCUT2D eigenvalue weighted by Gasteiger charge is 2.37. The van der Waals surface area contributed by atoms with E-state index in [1.165, 1.54) is 5.56 Å². The highest BCUT2D eigenvalue weighted by atomic mass is 16.5. The average molecular weight is 320 g/mol. The zero-order chi connectivity index (χ0) is 16.1. The van der Waals surface area contributed by atoms with Gasteiger partial charge in [0.05, 0.1) is 44.6 Å². The van der Waals surface area contributed by atoms with Crippen LogP contribution in [-0.2, 0) is 9.47 Å². The van der Waals surface area contributed by atoms with Crippen LogP contribution in [0.3, 0.4) is 0 Å². The van der Waals surface area contributed by atoms with Crippen LogP contribution in [0.4, 0.5) is 0 Å². The minimum absolute atomic E-state index is 0.0689. The molecule has 2 aliphatic heterocycles. The fourth-order valence-electron chi connectivity index (χ4n) is 3.77. The predicted octanol–water partition coefficient (Wildman–Crippen LogP) is 1.14. The van der Waals surface area contributed by atoms with Crippen LogP contribution < -0.4 is 0 Å². The van der Waals surface area contributed by atoms with Crippen LogP contribution in [0, 0.1) is 0 Å². The molecule has 0 saturated carbocycles. The van der Waals surface area contributed by atoms with Gasteiger partial charge in [0.15, 0.2) is 0 Å². The van der Waals surface area contributed by atoms with E-state index in [0.29, 0.717) is 0 Å². The van der Waals surface area contributed by atoms with Gasteiger partial charge in [0.25, 0.3) is 0 Å². The first kappa shape index (κ1) is 16.9. The molecular formula is C18H28N2O3. The molecule has 5 nitrogen and oxygen atoms in total. The van der Waals surface area contributed by atoms with E-state index in [0.717, 1.165) is 52.6 Å². The lowest BCUT2D eigenvalue weighted by atomic mass is 9.92. The number of aliphatic hydroxyl groups excluding tert-OH is 1. The van der Waals surface area contributed by atoms with Crippen molar-refractivity contribution in [2.75, 3.05) is 52.6 Å². The van der Waals surface area contributed by atoms with Crippen molar-refractivity contribution in [2.24, 2.45) is 0 Å². The maximum Gasteiger partial charge on any atom is 0.0685 e. The predicted molar refractivity (Wildman–Crippen MR) is 89.4 cm³/mol. The molecule has 1 aromatic carbocycles. The summed E-state index contributed by atoms with van der Waals surface area (Å²) in [5.41, 5.74) is 1.27. The van der Waals surface area contributed by atoms with E-state index in [1.54, 1.807) is 0 Å². The Morgan fingerprint density at radius 3 is 1.91 bits per heavy atom. The minimum Gasteiger partial charge on any atom is -0.392 e. The molecular weight excluding hydrogens is 292 g/mol. The number of morpholine rings is 2. The molecule has 0 aliphatic carbocycles. The third-order valence-corrected chi connectivity index (χ3v) is 4.87. The summed E-state index contributed by atoms with van der Waals surface area (Å²) < 4.78 is 11.0. The molecule has 2 saturated heterocycles. The van der Waals surface area contributed by atoms with Gasteiger partial charge < -0.3 is 14.6 Å². The van der Waals surface area contributed by atoms with E-state index in [-0.39, 0.29) is 12.1 Å². The summed E-state index contributed by atoms with van der Waals surface area (Å²) in [6.07, 6.45) is -0.402. The Morgan fingerprint density at radius 1 is 0.870 bits per heavy atom. The zero-order valence-electron chi connectivity index (χ0n) is 13.9. The smallest absolute Gasteiger partial charge is 0.0685 e. The van der Waals surface area contributed by atoms with Crippen LogP contribution in [0.15, 0.2) is 30.3 Å². The zero-order valence-corrected chi connectivity index (χ0v) is 13.9. The van der Waals surface area contributed by atoms with Gasteiger partial charge in [0, 0.05) is 26.2 Å². The number of rotatable bonds is 5. The molecule has 1 aromatic rings. The average Bonchev–Trinajstić information content (AvgIpc) is 2.61.